The number of nitrogens with one attached hydrogen (secondary N) is 1. The topological polar surface area (TPSA) is 41.0 Å². The van der Waals surface area contributed by atoms with E-state index in [1.807, 2.05) is 50.7 Å². The first-order valence-electron chi connectivity index (χ1n) is 6.64. The number of hydrogen-bond donors (Lipinski definition) is 1. The normalized spacial score (nSPS) is 12.0. The zero-order valence-electron chi connectivity index (χ0n) is 12.6. The minimum Gasteiger partial charge on any atom is -0.373 e. The SMILES string of the molecule is CNc1cc(N(C)C(C)c2ccc(Cl)cc2)nc(SC)n1. The number of halogens is 1. The summed E-state index contributed by atoms with van der Waals surface area (Å²) in [6.45, 7) is 2.14. The van der Waals surface area contributed by atoms with Crippen molar-refractivity contribution in [3.63, 3.8) is 0 Å². The predicted octanol–water partition coefficient (Wildman–Crippen LogP) is 4.09. The molecule has 2 rings (SSSR count). The Hall–Kier alpha value is -1.46. The fourth-order valence-corrected chi connectivity index (χ4v) is 2.48. The van der Waals surface area contributed by atoms with Crippen molar-refractivity contribution in [1.29, 1.82) is 0 Å². The Labute approximate surface area is 134 Å². The van der Waals surface area contributed by atoms with Crippen molar-refractivity contribution < 1.29 is 0 Å². The van der Waals surface area contributed by atoms with Crippen molar-refractivity contribution in [3.8, 4) is 0 Å². The van der Waals surface area contributed by atoms with Crippen LogP contribution in [0.4, 0.5) is 11.6 Å². The van der Waals surface area contributed by atoms with Gasteiger partial charge in [-0.3, -0.25) is 0 Å². The zero-order chi connectivity index (χ0) is 15.4. The quantitative estimate of drug-likeness (QED) is 0.663. The highest BCUT2D eigenvalue weighted by molar-refractivity contribution is 7.98. The van der Waals surface area contributed by atoms with E-state index in [4.69, 9.17) is 11.6 Å². The Morgan fingerprint density at radius 3 is 2.48 bits per heavy atom. The third-order valence-corrected chi connectivity index (χ3v) is 4.23. The lowest BCUT2D eigenvalue weighted by molar-refractivity contribution is 0.720. The molecule has 0 aliphatic rings. The van der Waals surface area contributed by atoms with Crippen LogP contribution in [0.25, 0.3) is 0 Å². The van der Waals surface area contributed by atoms with Crippen LogP contribution in [0.2, 0.25) is 5.02 Å². The molecule has 112 valence electrons. The second kappa shape index (κ2) is 7.00. The minimum absolute atomic E-state index is 0.191. The van der Waals surface area contributed by atoms with Crippen LogP contribution in [0.1, 0.15) is 18.5 Å². The van der Waals surface area contributed by atoms with Crippen LogP contribution in [0, 0.1) is 0 Å². The van der Waals surface area contributed by atoms with Crippen molar-refractivity contribution in [2.45, 2.75) is 18.1 Å². The lowest BCUT2D eigenvalue weighted by Crippen LogP contribution is -2.23. The van der Waals surface area contributed by atoms with Gasteiger partial charge < -0.3 is 10.2 Å². The first-order chi connectivity index (χ1) is 10.0. The van der Waals surface area contributed by atoms with Gasteiger partial charge in [0, 0.05) is 25.2 Å². The molecule has 2 aromatic rings. The molecule has 1 heterocycles. The molecule has 0 saturated heterocycles. The van der Waals surface area contributed by atoms with E-state index in [2.05, 4.69) is 27.1 Å². The molecule has 0 radical (unpaired) electrons. The monoisotopic (exact) mass is 322 g/mol. The van der Waals surface area contributed by atoms with E-state index in [1.54, 1.807) is 0 Å². The molecule has 0 saturated carbocycles. The molecule has 1 aromatic heterocycles. The summed E-state index contributed by atoms with van der Waals surface area (Å²) in [6, 6.07) is 10.0. The summed E-state index contributed by atoms with van der Waals surface area (Å²) in [5.74, 6) is 1.71. The molecule has 1 atom stereocenters. The second-order valence-electron chi connectivity index (χ2n) is 4.69. The molecule has 1 N–H and O–H groups in total. The van der Waals surface area contributed by atoms with E-state index in [-0.39, 0.29) is 6.04 Å². The molecular formula is C15H19ClN4S. The summed E-state index contributed by atoms with van der Waals surface area (Å²) in [7, 11) is 3.89. The maximum absolute atomic E-state index is 5.95. The lowest BCUT2D eigenvalue weighted by atomic mass is 10.1. The van der Waals surface area contributed by atoms with E-state index in [0.29, 0.717) is 0 Å². The summed E-state index contributed by atoms with van der Waals surface area (Å²) in [5, 5.41) is 4.58. The van der Waals surface area contributed by atoms with Crippen molar-refractivity contribution in [3.05, 3.63) is 40.9 Å². The molecule has 0 amide bonds. The summed E-state index contributed by atoms with van der Waals surface area (Å²) in [6.07, 6.45) is 1.97. The largest absolute Gasteiger partial charge is 0.373 e. The molecule has 0 aliphatic heterocycles. The molecular weight excluding hydrogens is 304 g/mol. The molecule has 1 unspecified atom stereocenters. The van der Waals surface area contributed by atoms with Gasteiger partial charge in [-0.25, -0.2) is 9.97 Å². The molecule has 1 aromatic carbocycles. The Kier molecular flexibility index (Phi) is 5.31. The summed E-state index contributed by atoms with van der Waals surface area (Å²) in [5.41, 5.74) is 1.19. The zero-order valence-corrected chi connectivity index (χ0v) is 14.2. The van der Waals surface area contributed by atoms with Gasteiger partial charge in [-0.05, 0) is 30.9 Å². The molecule has 0 bridgehead atoms. The molecule has 4 nitrogen and oxygen atoms in total. The minimum atomic E-state index is 0.191. The number of rotatable bonds is 5. The first-order valence-corrected chi connectivity index (χ1v) is 8.24. The molecule has 6 heteroatoms. The van der Waals surface area contributed by atoms with Gasteiger partial charge in [0.05, 0.1) is 6.04 Å². The number of nitrogens with zero attached hydrogens (tertiary/aromatic N) is 3. The highest BCUT2D eigenvalue weighted by Crippen LogP contribution is 2.27. The third kappa shape index (κ3) is 3.80. The van der Waals surface area contributed by atoms with Gasteiger partial charge in [-0.1, -0.05) is 35.5 Å². The fraction of sp³-hybridized carbons (Fsp3) is 0.333. The van der Waals surface area contributed by atoms with Gasteiger partial charge in [0.15, 0.2) is 5.16 Å². The van der Waals surface area contributed by atoms with E-state index in [1.165, 1.54) is 17.3 Å². The summed E-state index contributed by atoms with van der Waals surface area (Å²) >= 11 is 7.48. The average molecular weight is 323 g/mol. The number of aromatic nitrogens is 2. The van der Waals surface area contributed by atoms with Gasteiger partial charge in [-0.2, -0.15) is 0 Å². The van der Waals surface area contributed by atoms with Crippen molar-refractivity contribution >= 4 is 35.0 Å². The van der Waals surface area contributed by atoms with Gasteiger partial charge >= 0.3 is 0 Å². The van der Waals surface area contributed by atoms with Crippen molar-refractivity contribution in [1.82, 2.24) is 9.97 Å². The smallest absolute Gasteiger partial charge is 0.191 e. The number of anilines is 2. The van der Waals surface area contributed by atoms with Crippen LogP contribution in [-0.2, 0) is 0 Å². The Bertz CT molecular complexity index is 581. The molecule has 21 heavy (non-hydrogen) atoms. The second-order valence-corrected chi connectivity index (χ2v) is 5.90. The van der Waals surface area contributed by atoms with Crippen LogP contribution in [0.5, 0.6) is 0 Å². The predicted molar refractivity (Wildman–Crippen MR) is 91.6 cm³/mol. The maximum Gasteiger partial charge on any atom is 0.191 e. The Morgan fingerprint density at radius 2 is 1.90 bits per heavy atom. The van der Waals surface area contributed by atoms with Crippen LogP contribution in [-0.4, -0.2) is 30.3 Å². The molecule has 0 spiro atoms. The van der Waals surface area contributed by atoms with Crippen molar-refractivity contribution in [2.24, 2.45) is 0 Å². The highest BCUT2D eigenvalue weighted by atomic mass is 35.5. The maximum atomic E-state index is 5.95. The van der Waals surface area contributed by atoms with Gasteiger partial charge in [0.1, 0.15) is 11.6 Å². The average Bonchev–Trinajstić information content (AvgIpc) is 2.53. The first kappa shape index (κ1) is 15.9. The summed E-state index contributed by atoms with van der Waals surface area (Å²) in [4.78, 5) is 11.1. The summed E-state index contributed by atoms with van der Waals surface area (Å²) < 4.78 is 0. The Balaban J connectivity index is 2.29. The number of thioether (sulfide) groups is 1. The third-order valence-electron chi connectivity index (χ3n) is 3.43. The van der Waals surface area contributed by atoms with E-state index >= 15 is 0 Å². The van der Waals surface area contributed by atoms with Crippen molar-refractivity contribution in [2.75, 3.05) is 30.6 Å². The van der Waals surface area contributed by atoms with Crippen LogP contribution < -0.4 is 10.2 Å². The molecule has 0 aliphatic carbocycles. The lowest BCUT2D eigenvalue weighted by Gasteiger charge is -2.27. The van der Waals surface area contributed by atoms with Gasteiger partial charge in [0.2, 0.25) is 0 Å². The van der Waals surface area contributed by atoms with Gasteiger partial charge in [-0.15, -0.1) is 0 Å². The van der Waals surface area contributed by atoms with E-state index in [9.17, 15) is 0 Å². The highest BCUT2D eigenvalue weighted by Gasteiger charge is 2.15. The van der Waals surface area contributed by atoms with E-state index < -0.39 is 0 Å². The number of hydrogen-bond acceptors (Lipinski definition) is 5. The number of benzene rings is 1. The molecule has 0 fully saturated rings. The van der Waals surface area contributed by atoms with Crippen LogP contribution >= 0.6 is 23.4 Å². The van der Waals surface area contributed by atoms with Crippen LogP contribution in [0.3, 0.4) is 0 Å². The fourth-order valence-electron chi connectivity index (χ4n) is 1.98. The standard InChI is InChI=1S/C15H19ClN4S/c1-10(11-5-7-12(16)8-6-11)20(3)14-9-13(17-2)18-15(19-14)21-4/h5-10H,1-4H3,(H,17,18,19). The van der Waals surface area contributed by atoms with E-state index in [0.717, 1.165) is 21.8 Å². The van der Waals surface area contributed by atoms with Gasteiger partial charge in [0.25, 0.3) is 0 Å². The Morgan fingerprint density at radius 1 is 1.24 bits per heavy atom. The van der Waals surface area contributed by atoms with Crippen LogP contribution in [0.15, 0.2) is 35.5 Å².